The van der Waals surface area contributed by atoms with Crippen LogP contribution in [0.5, 0.6) is 0 Å². The summed E-state index contributed by atoms with van der Waals surface area (Å²) >= 11 is 11.1. The molecule has 10 heavy (non-hydrogen) atoms. The summed E-state index contributed by atoms with van der Waals surface area (Å²) in [5, 5.41) is 1.32. The van der Waals surface area contributed by atoms with Crippen molar-refractivity contribution in [2.24, 2.45) is 9.98 Å². The van der Waals surface area contributed by atoms with E-state index in [1.54, 1.807) is 0 Å². The molecule has 0 aromatic carbocycles. The molecule has 1 heterocycles. The topological polar surface area (TPSA) is 46.0 Å². The zero-order valence-corrected chi connectivity index (χ0v) is 6.65. The Balaban J connectivity index is 2.78. The lowest BCUT2D eigenvalue weighted by atomic mass is 10.8. The van der Waals surface area contributed by atoms with Crippen molar-refractivity contribution >= 4 is 34.8 Å². The lowest BCUT2D eigenvalue weighted by molar-refractivity contribution is 0.0790. The van der Waals surface area contributed by atoms with Crippen LogP contribution in [0.1, 0.15) is 0 Å². The van der Waals surface area contributed by atoms with Crippen LogP contribution in [0.15, 0.2) is 9.98 Å². The minimum absolute atomic E-state index is 0.159. The normalized spacial score (nSPS) is 31.3. The Morgan fingerprint density at radius 3 is 2.90 bits per heavy atom. The molecule has 0 radical (unpaired) electrons. The standard InChI is InChI=1S/C4H5Cl2N3O/c1-10-4(6)8-2-7-3(5)9-4/h2H,1H3,(H,7,8,9). The molecule has 1 atom stereocenters. The number of aliphatic imine (C=N–C) groups is 2. The van der Waals surface area contributed by atoms with Crippen LogP contribution in [0.3, 0.4) is 0 Å². The molecule has 1 aliphatic rings. The SMILES string of the molecule is COC1(Cl)N=CNC(Cl)=N1. The molecule has 0 fully saturated rings. The molecule has 4 nitrogen and oxygen atoms in total. The molecule has 1 aliphatic heterocycles. The van der Waals surface area contributed by atoms with Crippen LogP contribution in [0, 0.1) is 0 Å². The average Bonchev–Trinajstić information content (AvgIpc) is 1.88. The van der Waals surface area contributed by atoms with E-state index in [9.17, 15) is 0 Å². The summed E-state index contributed by atoms with van der Waals surface area (Å²) in [5.74, 6) is 0. The molecule has 6 heteroatoms. The Bertz CT molecular complexity index is 193. The second-order valence-corrected chi connectivity index (χ2v) is 2.39. The highest BCUT2D eigenvalue weighted by molar-refractivity contribution is 6.66. The predicted octanol–water partition coefficient (Wildman–Crippen LogP) is 0.709. The molecule has 56 valence electrons. The zero-order chi connectivity index (χ0) is 7.61. The fourth-order valence-electron chi connectivity index (χ4n) is 0.446. The number of nitrogens with one attached hydrogen (secondary N) is 1. The third-order valence-corrected chi connectivity index (χ3v) is 1.43. The molecular weight excluding hydrogens is 177 g/mol. The Hall–Kier alpha value is -0.320. The lowest BCUT2D eigenvalue weighted by Crippen LogP contribution is -2.31. The van der Waals surface area contributed by atoms with Crippen LogP contribution in [0.25, 0.3) is 0 Å². The number of methoxy groups -OCH3 is 1. The van der Waals surface area contributed by atoms with Crippen molar-refractivity contribution in [2.45, 2.75) is 5.31 Å². The van der Waals surface area contributed by atoms with Gasteiger partial charge in [-0.3, -0.25) is 0 Å². The van der Waals surface area contributed by atoms with Crippen molar-refractivity contribution in [1.29, 1.82) is 0 Å². The van der Waals surface area contributed by atoms with Crippen LogP contribution in [-0.4, -0.2) is 24.1 Å². The minimum Gasteiger partial charge on any atom is -0.326 e. The van der Waals surface area contributed by atoms with Gasteiger partial charge in [0.15, 0.2) is 0 Å². The van der Waals surface area contributed by atoms with E-state index >= 15 is 0 Å². The molecule has 0 aliphatic carbocycles. The van der Waals surface area contributed by atoms with E-state index in [-0.39, 0.29) is 5.29 Å². The molecule has 0 aromatic rings. The van der Waals surface area contributed by atoms with Crippen LogP contribution >= 0.6 is 23.2 Å². The van der Waals surface area contributed by atoms with Crippen LogP contribution in [0.4, 0.5) is 0 Å². The molecule has 0 saturated heterocycles. The van der Waals surface area contributed by atoms with Gasteiger partial charge in [0.05, 0.1) is 6.34 Å². The second-order valence-electron chi connectivity index (χ2n) is 1.54. The van der Waals surface area contributed by atoms with Crippen molar-refractivity contribution in [1.82, 2.24) is 5.32 Å². The highest BCUT2D eigenvalue weighted by atomic mass is 35.5. The monoisotopic (exact) mass is 181 g/mol. The summed E-state index contributed by atoms with van der Waals surface area (Å²) in [6, 6.07) is 0. The van der Waals surface area contributed by atoms with E-state index in [0.29, 0.717) is 0 Å². The van der Waals surface area contributed by atoms with Crippen molar-refractivity contribution in [2.75, 3.05) is 7.11 Å². The fourth-order valence-corrected chi connectivity index (χ4v) is 0.786. The number of hydrogen-bond donors (Lipinski definition) is 1. The van der Waals surface area contributed by atoms with Crippen LogP contribution in [-0.2, 0) is 4.74 Å². The quantitative estimate of drug-likeness (QED) is 0.479. The van der Waals surface area contributed by atoms with Gasteiger partial charge in [-0.1, -0.05) is 0 Å². The van der Waals surface area contributed by atoms with Crippen molar-refractivity contribution < 1.29 is 4.74 Å². The van der Waals surface area contributed by atoms with Gasteiger partial charge in [-0.15, -0.1) is 0 Å². The molecule has 0 spiro atoms. The van der Waals surface area contributed by atoms with E-state index in [1.807, 2.05) is 0 Å². The molecular formula is C4H5Cl2N3O. The first kappa shape index (κ1) is 7.78. The number of ether oxygens (including phenoxy) is 1. The average molecular weight is 182 g/mol. The molecule has 1 unspecified atom stereocenters. The zero-order valence-electron chi connectivity index (χ0n) is 5.14. The first-order chi connectivity index (χ1) is 4.66. The van der Waals surface area contributed by atoms with Gasteiger partial charge in [-0.25, -0.2) is 4.99 Å². The van der Waals surface area contributed by atoms with Gasteiger partial charge in [0.25, 0.3) is 0 Å². The summed E-state index contributed by atoms with van der Waals surface area (Å²) in [7, 11) is 1.39. The maximum atomic E-state index is 5.62. The molecule has 1 rings (SSSR count). The summed E-state index contributed by atoms with van der Waals surface area (Å²) in [6.45, 7) is 0. The summed E-state index contributed by atoms with van der Waals surface area (Å²) in [4.78, 5) is 7.31. The summed E-state index contributed by atoms with van der Waals surface area (Å²) in [5.41, 5.74) is 0. The number of rotatable bonds is 1. The highest BCUT2D eigenvalue weighted by Gasteiger charge is 2.26. The summed E-state index contributed by atoms with van der Waals surface area (Å²) < 4.78 is 4.70. The van der Waals surface area contributed by atoms with Gasteiger partial charge >= 0.3 is 5.31 Å². The molecule has 0 bridgehead atoms. The van der Waals surface area contributed by atoms with Gasteiger partial charge in [-0.2, -0.15) is 4.99 Å². The van der Waals surface area contributed by atoms with Gasteiger partial charge in [0.1, 0.15) is 0 Å². The molecule has 1 N–H and O–H groups in total. The Kier molecular flexibility index (Phi) is 2.13. The van der Waals surface area contributed by atoms with Gasteiger partial charge in [-0.05, 0) is 23.2 Å². The largest absolute Gasteiger partial charge is 0.344 e. The van der Waals surface area contributed by atoms with Crippen LogP contribution < -0.4 is 5.32 Å². The van der Waals surface area contributed by atoms with Crippen LogP contribution in [0.2, 0.25) is 0 Å². The maximum Gasteiger partial charge on any atom is 0.344 e. The number of alkyl halides is 1. The lowest BCUT2D eigenvalue weighted by Gasteiger charge is -2.18. The van der Waals surface area contributed by atoms with E-state index in [0.717, 1.165) is 0 Å². The van der Waals surface area contributed by atoms with Gasteiger partial charge in [0.2, 0.25) is 5.29 Å². The van der Waals surface area contributed by atoms with E-state index in [1.165, 1.54) is 13.4 Å². The Morgan fingerprint density at radius 2 is 2.50 bits per heavy atom. The van der Waals surface area contributed by atoms with Crippen molar-refractivity contribution in [3.8, 4) is 0 Å². The number of amidine groups is 1. The van der Waals surface area contributed by atoms with Gasteiger partial charge < -0.3 is 10.1 Å². The third kappa shape index (κ3) is 1.59. The number of nitrogens with zero attached hydrogens (tertiary/aromatic N) is 2. The Labute approximate surface area is 67.9 Å². The number of halogens is 2. The predicted molar refractivity (Wildman–Crippen MR) is 40.5 cm³/mol. The highest BCUT2D eigenvalue weighted by Crippen LogP contribution is 2.21. The molecule has 0 aromatic heterocycles. The van der Waals surface area contributed by atoms with E-state index in [4.69, 9.17) is 27.9 Å². The first-order valence-electron chi connectivity index (χ1n) is 2.46. The number of hydrogen-bond acceptors (Lipinski definition) is 4. The van der Waals surface area contributed by atoms with Gasteiger partial charge in [0, 0.05) is 7.11 Å². The first-order valence-corrected chi connectivity index (χ1v) is 3.21. The van der Waals surface area contributed by atoms with Crippen molar-refractivity contribution in [3.05, 3.63) is 0 Å². The van der Waals surface area contributed by atoms with Crippen molar-refractivity contribution in [3.63, 3.8) is 0 Å². The van der Waals surface area contributed by atoms with E-state index < -0.39 is 5.31 Å². The second kappa shape index (κ2) is 2.74. The Morgan fingerprint density at radius 1 is 1.80 bits per heavy atom. The maximum absolute atomic E-state index is 5.62. The molecule has 0 saturated carbocycles. The third-order valence-electron chi connectivity index (χ3n) is 0.903. The smallest absolute Gasteiger partial charge is 0.326 e. The van der Waals surface area contributed by atoms with E-state index in [2.05, 4.69) is 15.3 Å². The minimum atomic E-state index is -1.37. The molecule has 0 amide bonds. The fraction of sp³-hybridized carbons (Fsp3) is 0.500. The summed E-state index contributed by atoms with van der Waals surface area (Å²) in [6.07, 6.45) is 1.33.